The SMILES string of the molecule is Cc1ccc2c(c1)OC(C)(C)C[C@@H]2NC(=O)[C@@H]1CCCN(S(=O)(=O)c2ccc(Cl)cc2)C1. The Balaban J connectivity index is 1.50. The molecule has 0 aliphatic carbocycles. The summed E-state index contributed by atoms with van der Waals surface area (Å²) in [6.45, 7) is 6.61. The second-order valence-electron chi connectivity index (χ2n) is 9.32. The van der Waals surface area contributed by atoms with Crippen LogP contribution in [0.1, 0.15) is 50.3 Å². The van der Waals surface area contributed by atoms with Crippen LogP contribution in [0.3, 0.4) is 0 Å². The number of hydrogen-bond acceptors (Lipinski definition) is 4. The molecule has 1 saturated heterocycles. The quantitative estimate of drug-likeness (QED) is 0.706. The molecule has 2 aromatic carbocycles. The summed E-state index contributed by atoms with van der Waals surface area (Å²) in [5.74, 6) is 0.281. The van der Waals surface area contributed by atoms with Crippen molar-refractivity contribution in [2.24, 2.45) is 5.92 Å². The molecule has 1 N–H and O–H groups in total. The van der Waals surface area contributed by atoms with E-state index in [0.29, 0.717) is 30.8 Å². The average molecular weight is 477 g/mol. The third-order valence-electron chi connectivity index (χ3n) is 6.15. The molecular weight excluding hydrogens is 448 g/mol. The van der Waals surface area contributed by atoms with Gasteiger partial charge < -0.3 is 10.1 Å². The number of carbonyl (C=O) groups excluding carboxylic acids is 1. The molecule has 0 radical (unpaired) electrons. The molecule has 0 bridgehead atoms. The van der Waals surface area contributed by atoms with Gasteiger partial charge >= 0.3 is 0 Å². The van der Waals surface area contributed by atoms with Gasteiger partial charge in [0, 0.05) is 30.1 Å². The summed E-state index contributed by atoms with van der Waals surface area (Å²) in [5.41, 5.74) is 1.65. The molecule has 32 heavy (non-hydrogen) atoms. The second-order valence-corrected chi connectivity index (χ2v) is 11.7. The van der Waals surface area contributed by atoms with E-state index in [1.54, 1.807) is 12.1 Å². The van der Waals surface area contributed by atoms with Gasteiger partial charge in [0.1, 0.15) is 11.4 Å². The Bertz CT molecular complexity index is 1120. The molecule has 2 aliphatic heterocycles. The maximum absolute atomic E-state index is 13.2. The van der Waals surface area contributed by atoms with Crippen LogP contribution in [-0.2, 0) is 14.8 Å². The van der Waals surface area contributed by atoms with Crippen LogP contribution in [0.25, 0.3) is 0 Å². The third-order valence-corrected chi connectivity index (χ3v) is 8.28. The van der Waals surface area contributed by atoms with Crippen molar-refractivity contribution in [1.82, 2.24) is 9.62 Å². The molecule has 0 aromatic heterocycles. The second kappa shape index (κ2) is 8.69. The summed E-state index contributed by atoms with van der Waals surface area (Å²) in [6.07, 6.45) is 1.94. The van der Waals surface area contributed by atoms with Crippen LogP contribution in [0.4, 0.5) is 0 Å². The van der Waals surface area contributed by atoms with Crippen molar-refractivity contribution in [2.45, 2.75) is 56.6 Å². The highest BCUT2D eigenvalue weighted by atomic mass is 35.5. The number of fused-ring (bicyclic) bond motifs is 1. The summed E-state index contributed by atoms with van der Waals surface area (Å²) in [4.78, 5) is 13.4. The Morgan fingerprint density at radius 3 is 2.62 bits per heavy atom. The minimum Gasteiger partial charge on any atom is -0.487 e. The number of nitrogens with one attached hydrogen (secondary N) is 1. The first-order chi connectivity index (χ1) is 15.0. The molecule has 8 heteroatoms. The highest BCUT2D eigenvalue weighted by molar-refractivity contribution is 7.89. The first-order valence-corrected chi connectivity index (χ1v) is 12.7. The Morgan fingerprint density at radius 1 is 1.19 bits per heavy atom. The number of sulfonamides is 1. The van der Waals surface area contributed by atoms with Gasteiger partial charge in [-0.15, -0.1) is 0 Å². The number of halogens is 1. The van der Waals surface area contributed by atoms with E-state index < -0.39 is 21.5 Å². The molecule has 4 rings (SSSR count). The monoisotopic (exact) mass is 476 g/mol. The van der Waals surface area contributed by atoms with E-state index in [1.807, 2.05) is 39.0 Å². The van der Waals surface area contributed by atoms with Crippen molar-refractivity contribution in [3.05, 3.63) is 58.6 Å². The molecule has 2 aromatic rings. The molecule has 172 valence electrons. The fraction of sp³-hybridized carbons (Fsp3) is 0.458. The van der Waals surface area contributed by atoms with Gasteiger partial charge in [0.05, 0.1) is 16.9 Å². The lowest BCUT2D eigenvalue weighted by Crippen LogP contribution is -2.48. The standard InChI is InChI=1S/C24H29ClN2O4S/c1-16-6-11-20-21(14-24(2,3)31-22(20)13-16)26-23(28)17-5-4-12-27(15-17)32(29,30)19-9-7-18(25)8-10-19/h6-11,13,17,21H,4-5,12,14-15H2,1-3H3,(H,26,28)/t17-,21+/m1/s1. The number of benzene rings is 2. The van der Waals surface area contributed by atoms with Gasteiger partial charge in [-0.25, -0.2) is 8.42 Å². The molecule has 0 saturated carbocycles. The van der Waals surface area contributed by atoms with Gasteiger partial charge in [-0.1, -0.05) is 23.7 Å². The first-order valence-electron chi connectivity index (χ1n) is 10.9. The van der Waals surface area contributed by atoms with Crippen LogP contribution >= 0.6 is 11.6 Å². The van der Waals surface area contributed by atoms with Crippen molar-refractivity contribution < 1.29 is 17.9 Å². The maximum atomic E-state index is 13.2. The number of carbonyl (C=O) groups is 1. The summed E-state index contributed by atoms with van der Waals surface area (Å²) >= 11 is 5.90. The fourth-order valence-electron chi connectivity index (χ4n) is 4.51. The normalized spacial score (nSPS) is 23.1. The Labute approximate surface area is 195 Å². The van der Waals surface area contributed by atoms with Crippen LogP contribution in [-0.4, -0.2) is 37.3 Å². The van der Waals surface area contributed by atoms with Crippen LogP contribution in [0.15, 0.2) is 47.4 Å². The number of hydrogen-bond donors (Lipinski definition) is 1. The lowest BCUT2D eigenvalue weighted by Gasteiger charge is -2.39. The minimum absolute atomic E-state index is 0.116. The Hall–Kier alpha value is -2.09. The maximum Gasteiger partial charge on any atom is 0.243 e. The van der Waals surface area contributed by atoms with Crippen molar-refractivity contribution in [3.8, 4) is 5.75 Å². The molecule has 2 heterocycles. The highest BCUT2D eigenvalue weighted by Gasteiger charge is 2.38. The molecule has 0 spiro atoms. The smallest absolute Gasteiger partial charge is 0.243 e. The molecule has 0 unspecified atom stereocenters. The number of rotatable bonds is 4. The first kappa shape index (κ1) is 23.1. The van der Waals surface area contributed by atoms with Crippen LogP contribution in [0.2, 0.25) is 5.02 Å². The summed E-state index contributed by atoms with van der Waals surface area (Å²) in [7, 11) is -3.68. The molecule has 6 nitrogen and oxygen atoms in total. The zero-order chi connectivity index (χ0) is 23.1. The fourth-order valence-corrected chi connectivity index (χ4v) is 6.16. The van der Waals surface area contributed by atoms with Crippen molar-refractivity contribution in [1.29, 1.82) is 0 Å². The highest BCUT2D eigenvalue weighted by Crippen LogP contribution is 2.40. The Morgan fingerprint density at radius 2 is 1.91 bits per heavy atom. The van der Waals surface area contributed by atoms with E-state index in [2.05, 4.69) is 5.32 Å². The van der Waals surface area contributed by atoms with E-state index in [1.165, 1.54) is 16.4 Å². The number of amides is 1. The van der Waals surface area contributed by atoms with Crippen molar-refractivity contribution in [3.63, 3.8) is 0 Å². The van der Waals surface area contributed by atoms with Gasteiger partial charge in [0.25, 0.3) is 0 Å². The molecule has 2 atom stereocenters. The van der Waals surface area contributed by atoms with E-state index in [-0.39, 0.29) is 23.4 Å². The summed E-state index contributed by atoms with van der Waals surface area (Å²) < 4.78 is 33.7. The predicted molar refractivity (Wildman–Crippen MR) is 124 cm³/mol. The number of nitrogens with zero attached hydrogens (tertiary/aromatic N) is 1. The van der Waals surface area contributed by atoms with Crippen molar-refractivity contribution >= 4 is 27.5 Å². The Kier molecular flexibility index (Phi) is 6.27. The van der Waals surface area contributed by atoms with E-state index in [4.69, 9.17) is 16.3 Å². The van der Waals surface area contributed by atoms with Gasteiger partial charge in [-0.05, 0) is 69.5 Å². The van der Waals surface area contributed by atoms with E-state index in [0.717, 1.165) is 16.9 Å². The van der Waals surface area contributed by atoms with Gasteiger partial charge in [0.2, 0.25) is 15.9 Å². The molecule has 1 fully saturated rings. The van der Waals surface area contributed by atoms with Crippen LogP contribution in [0, 0.1) is 12.8 Å². The van der Waals surface area contributed by atoms with Crippen molar-refractivity contribution in [2.75, 3.05) is 13.1 Å². The van der Waals surface area contributed by atoms with Gasteiger partial charge in [0.15, 0.2) is 0 Å². The minimum atomic E-state index is -3.68. The van der Waals surface area contributed by atoms with E-state index in [9.17, 15) is 13.2 Å². The van der Waals surface area contributed by atoms with Gasteiger partial charge in [-0.2, -0.15) is 4.31 Å². The molecule has 2 aliphatic rings. The van der Waals surface area contributed by atoms with Crippen LogP contribution < -0.4 is 10.1 Å². The zero-order valence-corrected chi connectivity index (χ0v) is 20.2. The van der Waals surface area contributed by atoms with E-state index >= 15 is 0 Å². The zero-order valence-electron chi connectivity index (χ0n) is 18.6. The van der Waals surface area contributed by atoms with Crippen LogP contribution in [0.5, 0.6) is 5.75 Å². The topological polar surface area (TPSA) is 75.7 Å². The largest absolute Gasteiger partial charge is 0.487 e. The lowest BCUT2D eigenvalue weighted by atomic mass is 9.88. The number of ether oxygens (including phenoxy) is 1. The summed E-state index contributed by atoms with van der Waals surface area (Å²) in [5, 5.41) is 3.66. The number of piperidine rings is 1. The predicted octanol–water partition coefficient (Wildman–Crippen LogP) is 4.47. The third kappa shape index (κ3) is 4.80. The number of aryl methyl sites for hydroxylation is 1. The lowest BCUT2D eigenvalue weighted by molar-refractivity contribution is -0.127. The molecular formula is C24H29ClN2O4S. The average Bonchev–Trinajstić information content (AvgIpc) is 2.73. The molecule has 1 amide bonds. The summed E-state index contributed by atoms with van der Waals surface area (Å²) in [6, 6.07) is 12.0. The van der Waals surface area contributed by atoms with Gasteiger partial charge in [-0.3, -0.25) is 4.79 Å².